The number of guanidine groups is 1. The van der Waals surface area contributed by atoms with Gasteiger partial charge in [-0.15, -0.1) is 0 Å². The fraction of sp³-hybridized carbons (Fsp3) is 0.933. The van der Waals surface area contributed by atoms with Gasteiger partial charge < -0.3 is 10.6 Å². The standard InChI is InChI=1S/C15H28F3N3/c1-4-19-13(20-10-9-15(16,17)18)21-11-14(2,3)12-7-5-6-8-12/h12H,4-11H2,1-3H3,(H2,19,20,21). The summed E-state index contributed by atoms with van der Waals surface area (Å²) in [6.07, 6.45) is 0.0570. The van der Waals surface area contributed by atoms with E-state index < -0.39 is 12.6 Å². The molecule has 0 bridgehead atoms. The summed E-state index contributed by atoms with van der Waals surface area (Å²) in [6.45, 7) is 7.44. The summed E-state index contributed by atoms with van der Waals surface area (Å²) in [4.78, 5) is 4.48. The molecule has 0 saturated heterocycles. The summed E-state index contributed by atoms with van der Waals surface area (Å²) in [6, 6.07) is 0. The summed E-state index contributed by atoms with van der Waals surface area (Å²) in [7, 11) is 0. The van der Waals surface area contributed by atoms with Crippen molar-refractivity contribution < 1.29 is 13.2 Å². The van der Waals surface area contributed by atoms with E-state index in [1.807, 2.05) is 6.92 Å². The van der Waals surface area contributed by atoms with Gasteiger partial charge in [0.25, 0.3) is 0 Å². The smallest absolute Gasteiger partial charge is 0.357 e. The van der Waals surface area contributed by atoms with E-state index in [1.54, 1.807) is 0 Å². The monoisotopic (exact) mass is 307 g/mol. The number of rotatable bonds is 6. The fourth-order valence-corrected chi connectivity index (χ4v) is 2.78. The van der Waals surface area contributed by atoms with Gasteiger partial charge in [0, 0.05) is 19.6 Å². The van der Waals surface area contributed by atoms with Crippen LogP contribution in [-0.2, 0) is 0 Å². The lowest BCUT2D eigenvalue weighted by atomic mass is 9.78. The summed E-state index contributed by atoms with van der Waals surface area (Å²) in [5, 5.41) is 5.76. The molecular weight excluding hydrogens is 279 g/mol. The van der Waals surface area contributed by atoms with Crippen molar-refractivity contribution in [1.29, 1.82) is 0 Å². The molecule has 124 valence electrons. The molecule has 0 aromatic heterocycles. The van der Waals surface area contributed by atoms with Gasteiger partial charge in [0.2, 0.25) is 0 Å². The van der Waals surface area contributed by atoms with Gasteiger partial charge >= 0.3 is 6.18 Å². The highest BCUT2D eigenvalue weighted by atomic mass is 19.4. The van der Waals surface area contributed by atoms with Crippen molar-refractivity contribution in [3.8, 4) is 0 Å². The number of nitrogens with one attached hydrogen (secondary N) is 2. The molecule has 0 aromatic rings. The van der Waals surface area contributed by atoms with Crippen LogP contribution in [0.25, 0.3) is 0 Å². The Morgan fingerprint density at radius 1 is 1.14 bits per heavy atom. The molecule has 1 aliphatic carbocycles. The zero-order chi connectivity index (χ0) is 15.9. The second-order valence-electron chi connectivity index (χ2n) is 6.46. The van der Waals surface area contributed by atoms with Crippen LogP contribution in [0.3, 0.4) is 0 Å². The highest BCUT2D eigenvalue weighted by Gasteiger charge is 2.31. The predicted octanol–water partition coefficient (Wildman–Crippen LogP) is 3.71. The Morgan fingerprint density at radius 2 is 1.76 bits per heavy atom. The van der Waals surface area contributed by atoms with Crippen molar-refractivity contribution in [2.24, 2.45) is 16.3 Å². The largest absolute Gasteiger partial charge is 0.390 e. The molecule has 0 aliphatic heterocycles. The summed E-state index contributed by atoms with van der Waals surface area (Å²) in [5.74, 6) is 1.15. The zero-order valence-electron chi connectivity index (χ0n) is 13.3. The Morgan fingerprint density at radius 3 is 2.29 bits per heavy atom. The molecule has 0 atom stereocenters. The minimum absolute atomic E-state index is 0.100. The van der Waals surface area contributed by atoms with E-state index >= 15 is 0 Å². The van der Waals surface area contributed by atoms with Gasteiger partial charge in [-0.2, -0.15) is 13.2 Å². The molecule has 1 fully saturated rings. The molecule has 0 heterocycles. The quantitative estimate of drug-likeness (QED) is 0.580. The van der Waals surface area contributed by atoms with Gasteiger partial charge in [0.15, 0.2) is 5.96 Å². The molecule has 6 heteroatoms. The first-order chi connectivity index (χ1) is 9.74. The number of halogens is 3. The average molecular weight is 307 g/mol. The second-order valence-corrected chi connectivity index (χ2v) is 6.46. The van der Waals surface area contributed by atoms with Crippen molar-refractivity contribution >= 4 is 5.96 Å². The van der Waals surface area contributed by atoms with E-state index in [9.17, 15) is 13.2 Å². The number of alkyl halides is 3. The molecule has 2 N–H and O–H groups in total. The van der Waals surface area contributed by atoms with Gasteiger partial charge in [-0.25, -0.2) is 0 Å². The maximum atomic E-state index is 12.2. The van der Waals surface area contributed by atoms with E-state index in [0.717, 1.165) is 0 Å². The Hall–Kier alpha value is -0.940. The van der Waals surface area contributed by atoms with Crippen molar-refractivity contribution in [2.75, 3.05) is 19.6 Å². The zero-order valence-corrected chi connectivity index (χ0v) is 13.3. The third-order valence-electron chi connectivity index (χ3n) is 4.15. The highest BCUT2D eigenvalue weighted by molar-refractivity contribution is 5.79. The van der Waals surface area contributed by atoms with E-state index in [1.165, 1.54) is 25.7 Å². The maximum absolute atomic E-state index is 12.2. The lowest BCUT2D eigenvalue weighted by Crippen LogP contribution is -2.40. The van der Waals surface area contributed by atoms with Crippen LogP contribution >= 0.6 is 0 Å². The van der Waals surface area contributed by atoms with E-state index in [-0.39, 0.29) is 12.0 Å². The Balaban J connectivity index is 2.50. The first-order valence-electron chi connectivity index (χ1n) is 7.83. The summed E-state index contributed by atoms with van der Waals surface area (Å²) in [5.41, 5.74) is 0.100. The first-order valence-corrected chi connectivity index (χ1v) is 7.83. The Bertz CT molecular complexity index is 332. The van der Waals surface area contributed by atoms with Crippen LogP contribution < -0.4 is 10.6 Å². The average Bonchev–Trinajstić information content (AvgIpc) is 2.89. The predicted molar refractivity (Wildman–Crippen MR) is 80.4 cm³/mol. The minimum Gasteiger partial charge on any atom is -0.357 e. The SMILES string of the molecule is CCNC(=NCC(C)(C)C1CCCC1)NCCC(F)(F)F. The summed E-state index contributed by atoms with van der Waals surface area (Å²) >= 11 is 0. The first kappa shape index (κ1) is 18.1. The highest BCUT2D eigenvalue weighted by Crippen LogP contribution is 2.39. The van der Waals surface area contributed by atoms with Crippen molar-refractivity contribution in [3.63, 3.8) is 0 Å². The number of hydrogen-bond acceptors (Lipinski definition) is 1. The third-order valence-corrected chi connectivity index (χ3v) is 4.15. The van der Waals surface area contributed by atoms with Crippen LogP contribution in [0.4, 0.5) is 13.2 Å². The molecule has 1 rings (SSSR count). The number of nitrogens with zero attached hydrogens (tertiary/aromatic N) is 1. The lowest BCUT2D eigenvalue weighted by Gasteiger charge is -2.30. The van der Waals surface area contributed by atoms with Gasteiger partial charge in [0.05, 0.1) is 6.42 Å². The Kier molecular flexibility index (Phi) is 6.81. The fourth-order valence-electron chi connectivity index (χ4n) is 2.78. The second kappa shape index (κ2) is 7.90. The van der Waals surface area contributed by atoms with Crippen molar-refractivity contribution in [3.05, 3.63) is 0 Å². The van der Waals surface area contributed by atoms with Crippen LogP contribution in [0.15, 0.2) is 4.99 Å². The molecular formula is C15H28F3N3. The van der Waals surface area contributed by atoms with Crippen molar-refractivity contribution in [1.82, 2.24) is 10.6 Å². The normalized spacial score (nSPS) is 18.1. The molecule has 0 radical (unpaired) electrons. The van der Waals surface area contributed by atoms with E-state index in [0.29, 0.717) is 25.0 Å². The van der Waals surface area contributed by atoms with Crippen LogP contribution in [-0.4, -0.2) is 31.8 Å². The van der Waals surface area contributed by atoms with Crippen LogP contribution in [0.1, 0.15) is 52.9 Å². The molecule has 3 nitrogen and oxygen atoms in total. The topological polar surface area (TPSA) is 36.4 Å². The van der Waals surface area contributed by atoms with Gasteiger partial charge in [-0.05, 0) is 31.1 Å². The minimum atomic E-state index is -4.13. The van der Waals surface area contributed by atoms with Crippen molar-refractivity contribution in [2.45, 2.75) is 59.1 Å². The molecule has 1 aliphatic rings. The van der Waals surface area contributed by atoms with Gasteiger partial charge in [0.1, 0.15) is 0 Å². The molecule has 0 unspecified atom stereocenters. The Labute approximate surface area is 125 Å². The molecule has 0 spiro atoms. The van der Waals surface area contributed by atoms with Crippen LogP contribution in [0.2, 0.25) is 0 Å². The van der Waals surface area contributed by atoms with E-state index in [4.69, 9.17) is 0 Å². The van der Waals surface area contributed by atoms with Gasteiger partial charge in [-0.3, -0.25) is 4.99 Å². The maximum Gasteiger partial charge on any atom is 0.390 e. The van der Waals surface area contributed by atoms with Crippen LogP contribution in [0, 0.1) is 11.3 Å². The molecule has 0 amide bonds. The third kappa shape index (κ3) is 7.05. The molecule has 1 saturated carbocycles. The van der Waals surface area contributed by atoms with E-state index in [2.05, 4.69) is 29.5 Å². The summed E-state index contributed by atoms with van der Waals surface area (Å²) < 4.78 is 36.5. The number of hydrogen-bond donors (Lipinski definition) is 2. The van der Waals surface area contributed by atoms with Gasteiger partial charge in [-0.1, -0.05) is 26.7 Å². The van der Waals surface area contributed by atoms with Crippen LogP contribution in [0.5, 0.6) is 0 Å². The molecule has 21 heavy (non-hydrogen) atoms. The molecule has 0 aromatic carbocycles. The number of aliphatic imine (C=N–C) groups is 1. The lowest BCUT2D eigenvalue weighted by molar-refractivity contribution is -0.132.